The first-order valence-corrected chi connectivity index (χ1v) is 6.37. The summed E-state index contributed by atoms with van der Waals surface area (Å²) in [6.45, 7) is 2.48. The average Bonchev–Trinajstić information content (AvgIpc) is 2.82. The second-order valence-electron chi connectivity index (χ2n) is 3.78. The van der Waals surface area contributed by atoms with E-state index in [1.165, 1.54) is 6.20 Å². The normalized spacial score (nSPS) is 10.3. The molecule has 0 spiro atoms. The fourth-order valence-corrected chi connectivity index (χ4v) is 2.18. The number of pyridine rings is 1. The number of hydrogen-bond donors (Lipinski definition) is 2. The van der Waals surface area contributed by atoms with E-state index in [4.69, 9.17) is 5.11 Å². The summed E-state index contributed by atoms with van der Waals surface area (Å²) in [4.78, 5) is 19.2. The lowest BCUT2D eigenvalue weighted by Crippen LogP contribution is -2.10. The summed E-state index contributed by atoms with van der Waals surface area (Å²) < 4.78 is 0. The Balaban J connectivity index is 2.03. The molecule has 0 atom stereocenters. The van der Waals surface area contributed by atoms with Crippen molar-refractivity contribution in [1.29, 1.82) is 0 Å². The molecule has 0 amide bonds. The fourth-order valence-electron chi connectivity index (χ4n) is 1.56. The third-order valence-corrected chi connectivity index (χ3v) is 3.25. The summed E-state index contributed by atoms with van der Waals surface area (Å²) >= 11 is 1.59. The van der Waals surface area contributed by atoms with Crippen molar-refractivity contribution < 1.29 is 9.90 Å². The molecule has 0 aromatic carbocycles. The molecule has 2 N–H and O–H groups in total. The van der Waals surface area contributed by atoms with Crippen LogP contribution in [0.1, 0.15) is 21.1 Å². The van der Waals surface area contributed by atoms with Crippen LogP contribution in [-0.2, 0) is 6.42 Å². The van der Waals surface area contributed by atoms with Crippen LogP contribution in [0.2, 0.25) is 0 Å². The Labute approximate surface area is 109 Å². The first-order chi connectivity index (χ1) is 8.66. The molecule has 94 valence electrons. The maximum absolute atomic E-state index is 11.0. The van der Waals surface area contributed by atoms with Crippen molar-refractivity contribution >= 4 is 23.0 Å². The van der Waals surface area contributed by atoms with Gasteiger partial charge >= 0.3 is 5.97 Å². The number of carbonyl (C=O) groups is 1. The van der Waals surface area contributed by atoms with E-state index in [0.717, 1.165) is 17.1 Å². The van der Waals surface area contributed by atoms with Gasteiger partial charge in [-0.3, -0.25) is 4.98 Å². The van der Waals surface area contributed by atoms with Crippen molar-refractivity contribution in [2.45, 2.75) is 13.3 Å². The molecular weight excluding hydrogens is 250 g/mol. The van der Waals surface area contributed by atoms with Crippen molar-refractivity contribution in [2.75, 3.05) is 11.9 Å². The van der Waals surface area contributed by atoms with Gasteiger partial charge in [0, 0.05) is 36.4 Å². The van der Waals surface area contributed by atoms with Gasteiger partial charge in [-0.2, -0.15) is 0 Å². The topological polar surface area (TPSA) is 75.1 Å². The number of aromatic carboxylic acids is 1. The predicted molar refractivity (Wildman–Crippen MR) is 70.2 cm³/mol. The maximum Gasteiger partial charge on any atom is 0.339 e. The van der Waals surface area contributed by atoms with E-state index in [0.29, 0.717) is 12.2 Å². The Kier molecular flexibility index (Phi) is 3.88. The minimum absolute atomic E-state index is 0.194. The molecule has 2 aromatic rings. The number of hydrogen-bond acceptors (Lipinski definition) is 5. The highest BCUT2D eigenvalue weighted by atomic mass is 32.1. The van der Waals surface area contributed by atoms with Crippen LogP contribution in [0, 0.1) is 6.92 Å². The molecule has 0 saturated heterocycles. The molecule has 5 nitrogen and oxygen atoms in total. The van der Waals surface area contributed by atoms with E-state index >= 15 is 0 Å². The predicted octanol–water partition coefficient (Wildman–Crippen LogP) is 2.20. The molecular formula is C12H13N3O2S. The van der Waals surface area contributed by atoms with Crippen LogP contribution in [0.5, 0.6) is 0 Å². The summed E-state index contributed by atoms with van der Waals surface area (Å²) in [5.41, 5.74) is 1.59. The molecule has 0 aliphatic heterocycles. The van der Waals surface area contributed by atoms with Crippen LogP contribution < -0.4 is 5.32 Å². The van der Waals surface area contributed by atoms with Crippen LogP contribution in [0.25, 0.3) is 0 Å². The van der Waals surface area contributed by atoms with E-state index in [-0.39, 0.29) is 5.56 Å². The van der Waals surface area contributed by atoms with E-state index < -0.39 is 5.97 Å². The van der Waals surface area contributed by atoms with Crippen molar-refractivity contribution in [3.8, 4) is 0 Å². The van der Waals surface area contributed by atoms with E-state index in [2.05, 4.69) is 15.3 Å². The second-order valence-corrected chi connectivity index (χ2v) is 4.76. The summed E-state index contributed by atoms with van der Waals surface area (Å²) in [5, 5.41) is 15.1. The average molecular weight is 263 g/mol. The zero-order valence-corrected chi connectivity index (χ0v) is 10.7. The highest BCUT2D eigenvalue weighted by Gasteiger charge is 2.10. The van der Waals surface area contributed by atoms with Crippen LogP contribution >= 0.6 is 11.3 Å². The summed E-state index contributed by atoms with van der Waals surface area (Å²) in [7, 11) is 0. The highest BCUT2D eigenvalue weighted by molar-refractivity contribution is 7.09. The zero-order valence-electron chi connectivity index (χ0n) is 9.88. The molecule has 0 radical (unpaired) electrons. The SMILES string of the molecule is Cc1cc(NCCc2nccs2)c(C(=O)O)cn1. The van der Waals surface area contributed by atoms with Crippen LogP contribution in [0.4, 0.5) is 5.69 Å². The summed E-state index contributed by atoms with van der Waals surface area (Å²) in [6, 6.07) is 1.74. The Morgan fingerprint density at radius 2 is 2.33 bits per heavy atom. The number of anilines is 1. The Morgan fingerprint density at radius 1 is 1.50 bits per heavy atom. The number of thiazole rings is 1. The zero-order chi connectivity index (χ0) is 13.0. The number of aromatic nitrogens is 2. The van der Waals surface area contributed by atoms with E-state index in [1.807, 2.05) is 12.3 Å². The first kappa shape index (κ1) is 12.5. The number of rotatable bonds is 5. The number of nitrogens with one attached hydrogen (secondary N) is 1. The van der Waals surface area contributed by atoms with Gasteiger partial charge in [-0.25, -0.2) is 9.78 Å². The number of aryl methyl sites for hydroxylation is 1. The van der Waals surface area contributed by atoms with E-state index in [9.17, 15) is 4.79 Å². The monoisotopic (exact) mass is 263 g/mol. The fraction of sp³-hybridized carbons (Fsp3) is 0.250. The van der Waals surface area contributed by atoms with Gasteiger partial charge in [0.25, 0.3) is 0 Å². The maximum atomic E-state index is 11.0. The quantitative estimate of drug-likeness (QED) is 0.865. The van der Waals surface area contributed by atoms with Crippen molar-refractivity contribution in [3.05, 3.63) is 40.1 Å². The van der Waals surface area contributed by atoms with Gasteiger partial charge < -0.3 is 10.4 Å². The standard InChI is InChI=1S/C12H13N3O2S/c1-8-6-10(9(7-15-8)12(16)17)13-3-2-11-14-4-5-18-11/h4-7H,2-3H2,1H3,(H,13,15)(H,16,17). The third kappa shape index (κ3) is 3.04. The Morgan fingerprint density at radius 3 is 3.00 bits per heavy atom. The van der Waals surface area contributed by atoms with Crippen molar-refractivity contribution in [1.82, 2.24) is 9.97 Å². The molecule has 0 fully saturated rings. The largest absolute Gasteiger partial charge is 0.478 e. The smallest absolute Gasteiger partial charge is 0.339 e. The molecule has 0 bridgehead atoms. The van der Waals surface area contributed by atoms with Crippen molar-refractivity contribution in [3.63, 3.8) is 0 Å². The van der Waals surface area contributed by atoms with Gasteiger partial charge in [0.2, 0.25) is 0 Å². The molecule has 2 aromatic heterocycles. The molecule has 0 unspecified atom stereocenters. The minimum atomic E-state index is -0.973. The molecule has 2 heterocycles. The lowest BCUT2D eigenvalue weighted by molar-refractivity contribution is 0.0697. The lowest BCUT2D eigenvalue weighted by atomic mass is 10.2. The highest BCUT2D eigenvalue weighted by Crippen LogP contribution is 2.16. The van der Waals surface area contributed by atoms with Gasteiger partial charge in [-0.05, 0) is 13.0 Å². The van der Waals surface area contributed by atoms with Gasteiger partial charge in [-0.1, -0.05) is 0 Å². The van der Waals surface area contributed by atoms with Gasteiger partial charge in [0.05, 0.1) is 10.7 Å². The molecule has 0 aliphatic rings. The van der Waals surface area contributed by atoms with Gasteiger partial charge in [0.15, 0.2) is 0 Å². The van der Waals surface area contributed by atoms with Crippen LogP contribution in [0.15, 0.2) is 23.8 Å². The minimum Gasteiger partial charge on any atom is -0.478 e. The lowest BCUT2D eigenvalue weighted by Gasteiger charge is -2.09. The second kappa shape index (κ2) is 5.59. The molecule has 6 heteroatoms. The van der Waals surface area contributed by atoms with E-state index in [1.54, 1.807) is 23.6 Å². The first-order valence-electron chi connectivity index (χ1n) is 5.49. The van der Waals surface area contributed by atoms with Crippen LogP contribution in [-0.4, -0.2) is 27.6 Å². The Bertz CT molecular complexity index is 540. The Hall–Kier alpha value is -1.95. The molecule has 0 saturated carbocycles. The third-order valence-electron chi connectivity index (χ3n) is 2.41. The molecule has 18 heavy (non-hydrogen) atoms. The number of carboxylic acid groups (broad SMARTS) is 1. The molecule has 0 aliphatic carbocycles. The van der Waals surface area contributed by atoms with Gasteiger partial charge in [0.1, 0.15) is 5.56 Å². The van der Waals surface area contributed by atoms with Gasteiger partial charge in [-0.15, -0.1) is 11.3 Å². The number of carboxylic acids is 1. The summed E-state index contributed by atoms with van der Waals surface area (Å²) in [5.74, 6) is -0.973. The van der Waals surface area contributed by atoms with Crippen molar-refractivity contribution in [2.24, 2.45) is 0 Å². The molecule has 2 rings (SSSR count). The number of nitrogens with zero attached hydrogens (tertiary/aromatic N) is 2. The summed E-state index contributed by atoms with van der Waals surface area (Å²) in [6.07, 6.45) is 3.92. The van der Waals surface area contributed by atoms with Crippen LogP contribution in [0.3, 0.4) is 0 Å².